The van der Waals surface area contributed by atoms with Gasteiger partial charge in [-0.1, -0.05) is 42.5 Å². The summed E-state index contributed by atoms with van der Waals surface area (Å²) in [6, 6.07) is 10.4. The van der Waals surface area contributed by atoms with Crippen LogP contribution in [0.5, 0.6) is 0 Å². The van der Waals surface area contributed by atoms with E-state index in [0.29, 0.717) is 0 Å². The van der Waals surface area contributed by atoms with Gasteiger partial charge in [0.15, 0.2) is 0 Å². The van der Waals surface area contributed by atoms with Crippen molar-refractivity contribution in [2.24, 2.45) is 0 Å². The number of hydrogen-bond donors (Lipinski definition) is 0. The molecule has 1 aliphatic rings. The molecule has 0 aliphatic carbocycles. The van der Waals surface area contributed by atoms with Crippen molar-refractivity contribution >= 4 is 6.08 Å². The minimum absolute atomic E-state index is 0.874. The van der Waals surface area contributed by atoms with Crippen molar-refractivity contribution in [3.8, 4) is 0 Å². The van der Waals surface area contributed by atoms with Gasteiger partial charge in [-0.15, -0.1) is 0 Å². The first-order valence-corrected chi connectivity index (χ1v) is 5.47. The number of morpholine rings is 1. The lowest BCUT2D eigenvalue weighted by atomic mass is 10.2. The van der Waals surface area contributed by atoms with Gasteiger partial charge in [0, 0.05) is 19.6 Å². The molecule has 0 radical (unpaired) electrons. The van der Waals surface area contributed by atoms with Gasteiger partial charge in [-0.3, -0.25) is 4.90 Å². The molecule has 0 spiro atoms. The molecule has 0 N–H and O–H groups in total. The van der Waals surface area contributed by atoms with Crippen molar-refractivity contribution in [2.45, 2.75) is 0 Å². The molecule has 0 aromatic heterocycles. The first kappa shape index (κ1) is 10.4. The Hall–Kier alpha value is -1.12. The summed E-state index contributed by atoms with van der Waals surface area (Å²) in [5.41, 5.74) is 1.27. The average molecular weight is 203 g/mol. The molecular formula is C13H17NO. The highest BCUT2D eigenvalue weighted by molar-refractivity contribution is 5.48. The van der Waals surface area contributed by atoms with Crippen molar-refractivity contribution in [3.63, 3.8) is 0 Å². The van der Waals surface area contributed by atoms with E-state index in [1.54, 1.807) is 0 Å². The summed E-state index contributed by atoms with van der Waals surface area (Å²) in [5, 5.41) is 0. The van der Waals surface area contributed by atoms with E-state index in [4.69, 9.17) is 4.74 Å². The number of ether oxygens (including phenoxy) is 1. The minimum Gasteiger partial charge on any atom is -0.379 e. The largest absolute Gasteiger partial charge is 0.379 e. The molecular weight excluding hydrogens is 186 g/mol. The van der Waals surface area contributed by atoms with E-state index in [-0.39, 0.29) is 0 Å². The molecule has 80 valence electrons. The Balaban J connectivity index is 1.79. The molecule has 0 saturated carbocycles. The summed E-state index contributed by atoms with van der Waals surface area (Å²) in [5.74, 6) is 0. The Morgan fingerprint density at radius 1 is 1.13 bits per heavy atom. The fourth-order valence-electron chi connectivity index (χ4n) is 1.69. The van der Waals surface area contributed by atoms with Gasteiger partial charge >= 0.3 is 0 Å². The van der Waals surface area contributed by atoms with E-state index in [2.05, 4.69) is 41.3 Å². The first-order chi connectivity index (χ1) is 7.45. The summed E-state index contributed by atoms with van der Waals surface area (Å²) in [6.45, 7) is 4.88. The summed E-state index contributed by atoms with van der Waals surface area (Å²) in [7, 11) is 0. The van der Waals surface area contributed by atoms with Crippen LogP contribution >= 0.6 is 0 Å². The van der Waals surface area contributed by atoms with E-state index in [1.807, 2.05) is 6.07 Å². The lowest BCUT2D eigenvalue weighted by Gasteiger charge is -2.25. The van der Waals surface area contributed by atoms with Crippen molar-refractivity contribution in [3.05, 3.63) is 42.0 Å². The second-order valence-electron chi connectivity index (χ2n) is 3.73. The second kappa shape index (κ2) is 5.69. The summed E-state index contributed by atoms with van der Waals surface area (Å²) >= 11 is 0. The zero-order valence-electron chi connectivity index (χ0n) is 8.93. The zero-order valence-corrected chi connectivity index (χ0v) is 8.93. The quantitative estimate of drug-likeness (QED) is 0.745. The SMILES string of the molecule is C(=C\c1ccccc1)/CN1CCOCC1. The molecule has 1 saturated heterocycles. The van der Waals surface area contributed by atoms with Gasteiger partial charge in [0.2, 0.25) is 0 Å². The fraction of sp³-hybridized carbons (Fsp3) is 0.385. The van der Waals surface area contributed by atoms with E-state index < -0.39 is 0 Å². The molecule has 0 unspecified atom stereocenters. The van der Waals surface area contributed by atoms with Gasteiger partial charge in [-0.2, -0.15) is 0 Å². The molecule has 2 rings (SSSR count). The predicted octanol–water partition coefficient (Wildman–Crippen LogP) is 2.03. The van der Waals surface area contributed by atoms with Crippen molar-refractivity contribution in [1.29, 1.82) is 0 Å². The van der Waals surface area contributed by atoms with Gasteiger partial charge in [0.1, 0.15) is 0 Å². The molecule has 2 nitrogen and oxygen atoms in total. The van der Waals surface area contributed by atoms with Gasteiger partial charge in [-0.05, 0) is 5.56 Å². The Kier molecular flexibility index (Phi) is 3.94. The average Bonchev–Trinajstić information content (AvgIpc) is 2.32. The summed E-state index contributed by atoms with van der Waals surface area (Å²) in [6.07, 6.45) is 4.40. The molecule has 1 aromatic carbocycles. The maximum absolute atomic E-state index is 5.30. The summed E-state index contributed by atoms with van der Waals surface area (Å²) < 4.78 is 5.30. The van der Waals surface area contributed by atoms with Gasteiger partial charge < -0.3 is 4.74 Å². The third-order valence-electron chi connectivity index (χ3n) is 2.58. The lowest BCUT2D eigenvalue weighted by Crippen LogP contribution is -2.36. The molecule has 0 amide bonds. The molecule has 0 bridgehead atoms. The van der Waals surface area contributed by atoms with Crippen LogP contribution < -0.4 is 0 Å². The fourth-order valence-corrected chi connectivity index (χ4v) is 1.69. The van der Waals surface area contributed by atoms with Crippen molar-refractivity contribution in [2.75, 3.05) is 32.8 Å². The topological polar surface area (TPSA) is 12.5 Å². The van der Waals surface area contributed by atoms with Gasteiger partial charge in [-0.25, -0.2) is 0 Å². The zero-order chi connectivity index (χ0) is 10.3. The highest BCUT2D eigenvalue weighted by Crippen LogP contribution is 2.02. The Morgan fingerprint density at radius 3 is 2.60 bits per heavy atom. The van der Waals surface area contributed by atoms with Crippen molar-refractivity contribution < 1.29 is 4.74 Å². The van der Waals surface area contributed by atoms with Crippen LogP contribution in [0.4, 0.5) is 0 Å². The third-order valence-corrected chi connectivity index (χ3v) is 2.58. The van der Waals surface area contributed by atoms with Crippen LogP contribution in [0.1, 0.15) is 5.56 Å². The lowest BCUT2D eigenvalue weighted by molar-refractivity contribution is 0.0435. The highest BCUT2D eigenvalue weighted by atomic mass is 16.5. The molecule has 0 atom stereocenters. The molecule has 1 aromatic rings. The van der Waals surface area contributed by atoms with Crippen LogP contribution in [0.2, 0.25) is 0 Å². The molecule has 1 heterocycles. The van der Waals surface area contributed by atoms with Crippen LogP contribution in [-0.4, -0.2) is 37.7 Å². The van der Waals surface area contributed by atoms with Crippen LogP contribution in [0.15, 0.2) is 36.4 Å². The highest BCUT2D eigenvalue weighted by Gasteiger charge is 2.07. The van der Waals surface area contributed by atoms with E-state index in [1.165, 1.54) is 5.56 Å². The number of rotatable bonds is 3. The second-order valence-corrected chi connectivity index (χ2v) is 3.73. The number of nitrogens with zero attached hydrogens (tertiary/aromatic N) is 1. The number of benzene rings is 1. The van der Waals surface area contributed by atoms with Gasteiger partial charge in [0.25, 0.3) is 0 Å². The normalized spacial score (nSPS) is 18.4. The van der Waals surface area contributed by atoms with E-state index >= 15 is 0 Å². The molecule has 1 aliphatic heterocycles. The Labute approximate surface area is 91.2 Å². The van der Waals surface area contributed by atoms with Crippen LogP contribution in [-0.2, 0) is 4.74 Å². The molecule has 1 fully saturated rings. The van der Waals surface area contributed by atoms with E-state index in [0.717, 1.165) is 32.8 Å². The molecule has 2 heteroatoms. The third kappa shape index (κ3) is 3.50. The minimum atomic E-state index is 0.874. The van der Waals surface area contributed by atoms with Crippen LogP contribution in [0.25, 0.3) is 6.08 Å². The predicted molar refractivity (Wildman–Crippen MR) is 62.7 cm³/mol. The maximum atomic E-state index is 5.30. The van der Waals surface area contributed by atoms with Crippen LogP contribution in [0, 0.1) is 0 Å². The summed E-state index contributed by atoms with van der Waals surface area (Å²) in [4.78, 5) is 2.41. The smallest absolute Gasteiger partial charge is 0.0594 e. The standard InChI is InChI=1S/C13H17NO/c1-2-5-13(6-3-1)7-4-8-14-9-11-15-12-10-14/h1-7H,8-12H2/b7-4+. The Morgan fingerprint density at radius 2 is 1.87 bits per heavy atom. The Bertz CT molecular complexity index is 302. The first-order valence-electron chi connectivity index (χ1n) is 5.47. The maximum Gasteiger partial charge on any atom is 0.0594 e. The van der Waals surface area contributed by atoms with E-state index in [9.17, 15) is 0 Å². The van der Waals surface area contributed by atoms with Crippen molar-refractivity contribution in [1.82, 2.24) is 4.90 Å². The monoisotopic (exact) mass is 203 g/mol. The molecule has 15 heavy (non-hydrogen) atoms. The van der Waals surface area contributed by atoms with Crippen LogP contribution in [0.3, 0.4) is 0 Å². The van der Waals surface area contributed by atoms with Gasteiger partial charge in [0.05, 0.1) is 13.2 Å². The number of hydrogen-bond acceptors (Lipinski definition) is 2.